The zero-order valence-corrected chi connectivity index (χ0v) is 13.6. The summed E-state index contributed by atoms with van der Waals surface area (Å²) in [7, 11) is 4.01. The van der Waals surface area contributed by atoms with Crippen LogP contribution in [0.25, 0.3) is 0 Å². The van der Waals surface area contributed by atoms with Gasteiger partial charge in [0.05, 0.1) is 12.4 Å². The van der Waals surface area contributed by atoms with E-state index in [9.17, 15) is 4.79 Å². The first kappa shape index (κ1) is 17.4. The molecule has 0 fully saturated rings. The Labute approximate surface area is 127 Å². The molecule has 0 unspecified atom stereocenters. The minimum atomic E-state index is -0.0479. The molecule has 0 spiro atoms. The highest BCUT2D eigenvalue weighted by Gasteiger charge is 2.16. The molecule has 1 aromatic heterocycles. The predicted molar refractivity (Wildman–Crippen MR) is 85.6 cm³/mol. The van der Waals surface area contributed by atoms with Gasteiger partial charge in [0, 0.05) is 26.2 Å². The monoisotopic (exact) mass is 293 g/mol. The van der Waals surface area contributed by atoms with Gasteiger partial charge in [-0.3, -0.25) is 4.79 Å². The third-order valence-electron chi connectivity index (χ3n) is 3.02. The van der Waals surface area contributed by atoms with E-state index in [0.29, 0.717) is 18.1 Å². The van der Waals surface area contributed by atoms with E-state index in [1.165, 1.54) is 0 Å². The Morgan fingerprint density at radius 3 is 2.38 bits per heavy atom. The molecule has 0 aromatic carbocycles. The summed E-state index contributed by atoms with van der Waals surface area (Å²) >= 11 is 0. The van der Waals surface area contributed by atoms with Crippen LogP contribution in [0.4, 0.5) is 5.82 Å². The van der Waals surface area contributed by atoms with Gasteiger partial charge in [0.25, 0.3) is 5.91 Å². The molecule has 1 heterocycles. The van der Waals surface area contributed by atoms with E-state index in [4.69, 9.17) is 0 Å². The SMILES string of the molecule is CCCNc1cnc(C(=O)N(CCC)CCN(C)C)cn1. The number of likely N-dealkylation sites (N-methyl/N-ethyl adjacent to an activating group) is 1. The fourth-order valence-corrected chi connectivity index (χ4v) is 1.85. The quantitative estimate of drug-likeness (QED) is 0.751. The van der Waals surface area contributed by atoms with E-state index >= 15 is 0 Å². The summed E-state index contributed by atoms with van der Waals surface area (Å²) in [5.41, 5.74) is 0.407. The van der Waals surface area contributed by atoms with Gasteiger partial charge in [-0.15, -0.1) is 0 Å². The van der Waals surface area contributed by atoms with E-state index < -0.39 is 0 Å². The van der Waals surface area contributed by atoms with Crippen molar-refractivity contribution in [1.82, 2.24) is 19.8 Å². The minimum Gasteiger partial charge on any atom is -0.369 e. The number of nitrogens with one attached hydrogen (secondary N) is 1. The molecule has 118 valence electrons. The molecule has 6 heteroatoms. The van der Waals surface area contributed by atoms with Crippen LogP contribution < -0.4 is 5.32 Å². The molecular formula is C15H27N5O. The van der Waals surface area contributed by atoms with Crippen molar-refractivity contribution in [2.24, 2.45) is 0 Å². The second kappa shape index (κ2) is 9.28. The summed E-state index contributed by atoms with van der Waals surface area (Å²) in [6.45, 7) is 7.30. The maximum absolute atomic E-state index is 12.5. The number of hydrogen-bond donors (Lipinski definition) is 1. The first-order valence-corrected chi connectivity index (χ1v) is 7.58. The Balaban J connectivity index is 2.68. The van der Waals surface area contributed by atoms with Gasteiger partial charge < -0.3 is 15.1 Å². The summed E-state index contributed by atoms with van der Waals surface area (Å²) in [4.78, 5) is 24.8. The lowest BCUT2D eigenvalue weighted by Gasteiger charge is -2.23. The van der Waals surface area contributed by atoms with Crippen molar-refractivity contribution in [1.29, 1.82) is 0 Å². The number of amides is 1. The highest BCUT2D eigenvalue weighted by atomic mass is 16.2. The average Bonchev–Trinajstić information content (AvgIpc) is 2.49. The van der Waals surface area contributed by atoms with Gasteiger partial charge in [-0.1, -0.05) is 13.8 Å². The molecule has 0 saturated heterocycles. The summed E-state index contributed by atoms with van der Waals surface area (Å²) < 4.78 is 0. The van der Waals surface area contributed by atoms with Gasteiger partial charge in [0.1, 0.15) is 11.5 Å². The van der Waals surface area contributed by atoms with Crippen molar-refractivity contribution in [2.45, 2.75) is 26.7 Å². The molecule has 1 N–H and O–H groups in total. The van der Waals surface area contributed by atoms with Crippen LogP contribution in [0.2, 0.25) is 0 Å². The van der Waals surface area contributed by atoms with Gasteiger partial charge >= 0.3 is 0 Å². The Morgan fingerprint density at radius 1 is 1.10 bits per heavy atom. The molecule has 0 aliphatic carbocycles. The third-order valence-corrected chi connectivity index (χ3v) is 3.02. The Morgan fingerprint density at radius 2 is 1.86 bits per heavy atom. The molecular weight excluding hydrogens is 266 g/mol. The van der Waals surface area contributed by atoms with Gasteiger partial charge in [-0.2, -0.15) is 0 Å². The number of aromatic nitrogens is 2. The average molecular weight is 293 g/mol. The largest absolute Gasteiger partial charge is 0.369 e. The number of anilines is 1. The van der Waals surface area contributed by atoms with Crippen molar-refractivity contribution in [3.05, 3.63) is 18.1 Å². The molecule has 0 radical (unpaired) electrons. The van der Waals surface area contributed by atoms with Crippen LogP contribution in [0.3, 0.4) is 0 Å². The van der Waals surface area contributed by atoms with Gasteiger partial charge in [-0.25, -0.2) is 9.97 Å². The van der Waals surface area contributed by atoms with Crippen LogP contribution >= 0.6 is 0 Å². The fraction of sp³-hybridized carbons (Fsp3) is 0.667. The van der Waals surface area contributed by atoms with E-state index in [1.54, 1.807) is 12.4 Å². The molecule has 0 aliphatic rings. The second-order valence-corrected chi connectivity index (χ2v) is 5.31. The topological polar surface area (TPSA) is 61.4 Å². The number of carbonyl (C=O) groups is 1. The maximum Gasteiger partial charge on any atom is 0.274 e. The van der Waals surface area contributed by atoms with E-state index in [1.807, 2.05) is 19.0 Å². The highest BCUT2D eigenvalue weighted by molar-refractivity contribution is 5.92. The number of rotatable bonds is 9. The first-order chi connectivity index (χ1) is 10.1. The lowest BCUT2D eigenvalue weighted by atomic mass is 10.3. The number of hydrogen-bond acceptors (Lipinski definition) is 5. The molecule has 0 saturated carbocycles. The summed E-state index contributed by atoms with van der Waals surface area (Å²) in [6.07, 6.45) is 5.14. The minimum absolute atomic E-state index is 0.0479. The van der Waals surface area contributed by atoms with Crippen LogP contribution in [0.5, 0.6) is 0 Å². The van der Waals surface area contributed by atoms with Crippen LogP contribution in [-0.4, -0.2) is 65.9 Å². The molecule has 0 atom stereocenters. The van der Waals surface area contributed by atoms with Crippen LogP contribution in [0.15, 0.2) is 12.4 Å². The van der Waals surface area contributed by atoms with E-state index in [2.05, 4.69) is 34.0 Å². The number of carbonyl (C=O) groups excluding carboxylic acids is 1. The molecule has 0 aliphatic heterocycles. The van der Waals surface area contributed by atoms with Crippen molar-refractivity contribution in [3.8, 4) is 0 Å². The van der Waals surface area contributed by atoms with Crippen LogP contribution in [-0.2, 0) is 0 Å². The zero-order valence-electron chi connectivity index (χ0n) is 13.6. The van der Waals surface area contributed by atoms with Crippen molar-refractivity contribution in [3.63, 3.8) is 0 Å². The number of nitrogens with zero attached hydrogens (tertiary/aromatic N) is 4. The van der Waals surface area contributed by atoms with Crippen molar-refractivity contribution in [2.75, 3.05) is 45.6 Å². The Hall–Kier alpha value is -1.69. The smallest absolute Gasteiger partial charge is 0.274 e. The Bertz CT molecular complexity index is 419. The standard InChI is InChI=1S/C15H27N5O/c1-5-7-16-14-12-17-13(11-18-14)15(21)20(8-6-2)10-9-19(3)4/h11-12H,5-10H2,1-4H3,(H,16,18). The predicted octanol–water partition coefficient (Wildman–Crippen LogP) is 1.71. The van der Waals surface area contributed by atoms with Gasteiger partial charge in [0.15, 0.2) is 0 Å². The molecule has 0 bridgehead atoms. The van der Waals surface area contributed by atoms with E-state index in [-0.39, 0.29) is 5.91 Å². The van der Waals surface area contributed by atoms with Crippen LogP contribution in [0, 0.1) is 0 Å². The van der Waals surface area contributed by atoms with Crippen molar-refractivity contribution >= 4 is 11.7 Å². The lowest BCUT2D eigenvalue weighted by molar-refractivity contribution is 0.0738. The zero-order chi connectivity index (χ0) is 15.7. The molecule has 6 nitrogen and oxygen atoms in total. The summed E-state index contributed by atoms with van der Waals surface area (Å²) in [5.74, 6) is 0.664. The fourth-order valence-electron chi connectivity index (χ4n) is 1.85. The lowest BCUT2D eigenvalue weighted by Crippen LogP contribution is -2.37. The molecule has 1 rings (SSSR count). The third kappa shape index (κ3) is 6.08. The molecule has 1 amide bonds. The Kier molecular flexibility index (Phi) is 7.68. The molecule has 1 aromatic rings. The maximum atomic E-state index is 12.5. The first-order valence-electron chi connectivity index (χ1n) is 7.58. The van der Waals surface area contributed by atoms with Crippen LogP contribution in [0.1, 0.15) is 37.2 Å². The summed E-state index contributed by atoms with van der Waals surface area (Å²) in [6, 6.07) is 0. The van der Waals surface area contributed by atoms with Gasteiger partial charge in [0.2, 0.25) is 0 Å². The normalized spacial score (nSPS) is 10.7. The molecule has 21 heavy (non-hydrogen) atoms. The highest BCUT2D eigenvalue weighted by Crippen LogP contribution is 2.05. The van der Waals surface area contributed by atoms with Gasteiger partial charge in [-0.05, 0) is 26.9 Å². The van der Waals surface area contributed by atoms with E-state index in [0.717, 1.165) is 32.5 Å². The second-order valence-electron chi connectivity index (χ2n) is 5.31. The summed E-state index contributed by atoms with van der Waals surface area (Å²) in [5, 5.41) is 3.15. The van der Waals surface area contributed by atoms with Crippen molar-refractivity contribution < 1.29 is 4.79 Å².